The summed E-state index contributed by atoms with van der Waals surface area (Å²) in [7, 11) is 0. The van der Waals surface area contributed by atoms with Crippen molar-refractivity contribution < 1.29 is 4.79 Å². The summed E-state index contributed by atoms with van der Waals surface area (Å²) in [6, 6.07) is 5.67. The molecular formula is C15H18ClN5OS. The van der Waals surface area contributed by atoms with Crippen molar-refractivity contribution >= 4 is 34.9 Å². The Morgan fingerprint density at radius 2 is 1.96 bits per heavy atom. The summed E-state index contributed by atoms with van der Waals surface area (Å²) in [5, 5.41) is 2.97. The molecule has 1 aliphatic heterocycles. The van der Waals surface area contributed by atoms with Gasteiger partial charge in [-0.05, 0) is 24.6 Å². The lowest BCUT2D eigenvalue weighted by Crippen LogP contribution is -2.52. The van der Waals surface area contributed by atoms with Gasteiger partial charge in [0.15, 0.2) is 0 Å². The second kappa shape index (κ2) is 7.61. The standard InChI is InChI=1S/C15H18ClN5OS/c16-13-3-2-12(23-13)4-7-19-15(22)21-10-8-20(9-11-21)14-17-5-1-6-18-14/h1-3,5-6H,4,7-11H2,(H,19,22). The van der Waals surface area contributed by atoms with Gasteiger partial charge in [0.25, 0.3) is 0 Å². The molecule has 0 atom stereocenters. The fourth-order valence-corrected chi connectivity index (χ4v) is 3.54. The zero-order valence-electron chi connectivity index (χ0n) is 12.6. The van der Waals surface area contributed by atoms with Crippen LogP contribution >= 0.6 is 22.9 Å². The van der Waals surface area contributed by atoms with Crippen molar-refractivity contribution in [2.75, 3.05) is 37.6 Å². The van der Waals surface area contributed by atoms with Gasteiger partial charge in [0.1, 0.15) is 0 Å². The van der Waals surface area contributed by atoms with Crippen LogP contribution in [-0.2, 0) is 6.42 Å². The zero-order valence-corrected chi connectivity index (χ0v) is 14.2. The van der Waals surface area contributed by atoms with Crippen LogP contribution in [0, 0.1) is 0 Å². The highest BCUT2D eigenvalue weighted by Gasteiger charge is 2.22. The van der Waals surface area contributed by atoms with Crippen LogP contribution in [0.25, 0.3) is 0 Å². The Morgan fingerprint density at radius 3 is 2.61 bits per heavy atom. The minimum absolute atomic E-state index is 0.0127. The number of aromatic nitrogens is 2. The number of thiophene rings is 1. The first kappa shape index (κ1) is 16.0. The van der Waals surface area contributed by atoms with Crippen LogP contribution < -0.4 is 10.2 Å². The number of nitrogens with one attached hydrogen (secondary N) is 1. The van der Waals surface area contributed by atoms with Crippen LogP contribution in [0.15, 0.2) is 30.6 Å². The quantitative estimate of drug-likeness (QED) is 0.917. The molecule has 0 radical (unpaired) electrons. The molecule has 2 aromatic heterocycles. The molecule has 0 aliphatic carbocycles. The lowest BCUT2D eigenvalue weighted by molar-refractivity contribution is 0.194. The number of hydrogen-bond acceptors (Lipinski definition) is 5. The van der Waals surface area contributed by atoms with Crippen molar-refractivity contribution in [1.29, 1.82) is 0 Å². The number of carbonyl (C=O) groups is 1. The van der Waals surface area contributed by atoms with Gasteiger partial charge in [-0.2, -0.15) is 0 Å². The van der Waals surface area contributed by atoms with E-state index in [-0.39, 0.29) is 6.03 Å². The summed E-state index contributed by atoms with van der Waals surface area (Å²) in [5.41, 5.74) is 0. The van der Waals surface area contributed by atoms with Crippen LogP contribution in [0.1, 0.15) is 4.88 Å². The van der Waals surface area contributed by atoms with Crippen LogP contribution in [0.2, 0.25) is 4.34 Å². The van der Waals surface area contributed by atoms with Gasteiger partial charge in [-0.3, -0.25) is 0 Å². The summed E-state index contributed by atoms with van der Waals surface area (Å²) < 4.78 is 0.783. The molecule has 0 bridgehead atoms. The minimum Gasteiger partial charge on any atom is -0.338 e. The first-order valence-electron chi connectivity index (χ1n) is 7.51. The average Bonchev–Trinajstić information content (AvgIpc) is 3.01. The van der Waals surface area contributed by atoms with Gasteiger partial charge >= 0.3 is 6.03 Å². The van der Waals surface area contributed by atoms with E-state index in [9.17, 15) is 4.79 Å². The third kappa shape index (κ3) is 4.33. The molecule has 6 nitrogen and oxygen atoms in total. The van der Waals surface area contributed by atoms with E-state index in [4.69, 9.17) is 11.6 Å². The Labute approximate surface area is 144 Å². The largest absolute Gasteiger partial charge is 0.338 e. The summed E-state index contributed by atoms with van der Waals surface area (Å²) in [6.45, 7) is 3.47. The molecule has 1 aliphatic rings. The van der Waals surface area contributed by atoms with E-state index >= 15 is 0 Å². The molecule has 2 aromatic rings. The Morgan fingerprint density at radius 1 is 1.22 bits per heavy atom. The van der Waals surface area contributed by atoms with Gasteiger partial charge in [-0.25, -0.2) is 14.8 Å². The topological polar surface area (TPSA) is 61.4 Å². The first-order valence-corrected chi connectivity index (χ1v) is 8.71. The number of carbonyl (C=O) groups excluding carboxylic acids is 1. The SMILES string of the molecule is O=C(NCCc1ccc(Cl)s1)N1CCN(c2ncccn2)CC1. The van der Waals surface area contributed by atoms with Crippen molar-refractivity contribution in [3.8, 4) is 0 Å². The number of piperazine rings is 1. The highest BCUT2D eigenvalue weighted by Crippen LogP contribution is 2.21. The highest BCUT2D eigenvalue weighted by molar-refractivity contribution is 7.16. The number of hydrogen-bond donors (Lipinski definition) is 1. The lowest BCUT2D eigenvalue weighted by Gasteiger charge is -2.34. The molecule has 8 heteroatoms. The molecule has 3 heterocycles. The molecule has 0 unspecified atom stereocenters. The normalized spacial score (nSPS) is 14.8. The molecule has 1 fully saturated rings. The number of anilines is 1. The molecule has 23 heavy (non-hydrogen) atoms. The van der Waals surface area contributed by atoms with E-state index in [2.05, 4.69) is 20.2 Å². The summed E-state index contributed by atoms with van der Waals surface area (Å²) in [6.07, 6.45) is 4.28. The van der Waals surface area contributed by atoms with Crippen molar-refractivity contribution in [3.63, 3.8) is 0 Å². The molecule has 0 saturated carbocycles. The molecule has 0 spiro atoms. The molecular weight excluding hydrogens is 334 g/mol. The predicted molar refractivity (Wildman–Crippen MR) is 92.2 cm³/mol. The van der Waals surface area contributed by atoms with Gasteiger partial charge in [0.2, 0.25) is 5.95 Å². The molecule has 3 rings (SSSR count). The second-order valence-electron chi connectivity index (χ2n) is 5.21. The van der Waals surface area contributed by atoms with E-state index in [1.54, 1.807) is 29.8 Å². The monoisotopic (exact) mass is 351 g/mol. The number of amides is 2. The summed E-state index contributed by atoms with van der Waals surface area (Å²) >= 11 is 7.45. The fourth-order valence-electron chi connectivity index (χ4n) is 2.45. The van der Waals surface area contributed by atoms with E-state index in [0.717, 1.165) is 29.8 Å². The van der Waals surface area contributed by atoms with Crippen LogP contribution in [0.3, 0.4) is 0 Å². The number of nitrogens with zero attached hydrogens (tertiary/aromatic N) is 4. The van der Waals surface area contributed by atoms with E-state index in [0.29, 0.717) is 19.6 Å². The number of urea groups is 1. The van der Waals surface area contributed by atoms with Gasteiger partial charge in [0.05, 0.1) is 4.34 Å². The maximum atomic E-state index is 12.2. The first-order chi connectivity index (χ1) is 11.2. The second-order valence-corrected chi connectivity index (χ2v) is 7.01. The van der Waals surface area contributed by atoms with Crippen molar-refractivity contribution in [2.24, 2.45) is 0 Å². The maximum Gasteiger partial charge on any atom is 0.317 e. The van der Waals surface area contributed by atoms with E-state index in [1.807, 2.05) is 17.0 Å². The maximum absolute atomic E-state index is 12.2. The lowest BCUT2D eigenvalue weighted by atomic mass is 10.3. The minimum atomic E-state index is -0.0127. The Kier molecular flexibility index (Phi) is 5.30. The van der Waals surface area contributed by atoms with Crippen LogP contribution in [-0.4, -0.2) is 53.6 Å². The van der Waals surface area contributed by atoms with Gasteiger partial charge < -0.3 is 15.1 Å². The van der Waals surface area contributed by atoms with Crippen molar-refractivity contribution in [3.05, 3.63) is 39.8 Å². The molecule has 1 saturated heterocycles. The zero-order chi connectivity index (χ0) is 16.1. The Balaban J connectivity index is 1.41. The van der Waals surface area contributed by atoms with Crippen molar-refractivity contribution in [2.45, 2.75) is 6.42 Å². The molecule has 0 aromatic carbocycles. The third-order valence-electron chi connectivity index (χ3n) is 3.68. The Bertz CT molecular complexity index is 642. The summed E-state index contributed by atoms with van der Waals surface area (Å²) in [5.74, 6) is 0.724. The average molecular weight is 352 g/mol. The van der Waals surface area contributed by atoms with Crippen LogP contribution in [0.5, 0.6) is 0 Å². The van der Waals surface area contributed by atoms with E-state index in [1.165, 1.54) is 4.88 Å². The van der Waals surface area contributed by atoms with Gasteiger partial charge in [-0.1, -0.05) is 11.6 Å². The third-order valence-corrected chi connectivity index (χ3v) is 4.97. The van der Waals surface area contributed by atoms with Gasteiger partial charge in [-0.15, -0.1) is 11.3 Å². The number of rotatable bonds is 4. The fraction of sp³-hybridized carbons (Fsp3) is 0.400. The van der Waals surface area contributed by atoms with Crippen LogP contribution in [0.4, 0.5) is 10.7 Å². The summed E-state index contributed by atoms with van der Waals surface area (Å²) in [4.78, 5) is 25.8. The van der Waals surface area contributed by atoms with Crippen molar-refractivity contribution in [1.82, 2.24) is 20.2 Å². The predicted octanol–water partition coefficient (Wildman–Crippen LogP) is 2.27. The molecule has 2 amide bonds. The highest BCUT2D eigenvalue weighted by atomic mass is 35.5. The Hall–Kier alpha value is -1.86. The van der Waals surface area contributed by atoms with E-state index < -0.39 is 0 Å². The van der Waals surface area contributed by atoms with Gasteiger partial charge in [0, 0.05) is 50.0 Å². The molecule has 122 valence electrons. The smallest absolute Gasteiger partial charge is 0.317 e. The molecule has 1 N–H and O–H groups in total. The number of halogens is 1.